The van der Waals surface area contributed by atoms with Gasteiger partial charge in [0.2, 0.25) is 0 Å². The van der Waals surface area contributed by atoms with Crippen molar-refractivity contribution >= 4 is 22.8 Å². The Morgan fingerprint density at radius 1 is 1.44 bits per heavy atom. The van der Waals surface area contributed by atoms with Crippen molar-refractivity contribution < 1.29 is 4.79 Å². The summed E-state index contributed by atoms with van der Waals surface area (Å²) in [7, 11) is 0. The van der Waals surface area contributed by atoms with Crippen LogP contribution >= 0.6 is 17.0 Å². The third kappa shape index (κ3) is 2.65. The lowest BCUT2D eigenvalue weighted by atomic mass is 10.0. The smallest absolute Gasteiger partial charge is 0.157 e. The quantitative estimate of drug-likeness (QED) is 0.625. The average Bonchev–Trinajstić information content (AvgIpc) is 1.64. The molecule has 0 aliphatic heterocycles. The van der Waals surface area contributed by atoms with E-state index in [-0.39, 0.29) is 22.8 Å². The summed E-state index contributed by atoms with van der Waals surface area (Å²) in [4.78, 5) is 10.5. The van der Waals surface area contributed by atoms with Crippen LogP contribution in [0.2, 0.25) is 0 Å². The maximum Gasteiger partial charge on any atom is 0.157 e. The topological polar surface area (TPSA) is 43.1 Å². The molecule has 3 heteroatoms. The highest BCUT2D eigenvalue weighted by Crippen LogP contribution is 2.09. The summed E-state index contributed by atoms with van der Waals surface area (Å²) < 4.78 is 0. The molecule has 0 aromatic carbocycles. The molecule has 2 nitrogen and oxygen atoms in total. The Morgan fingerprint density at radius 3 is 2.44 bits per heavy atom. The highest BCUT2D eigenvalue weighted by Gasteiger charge is 2.05. The molecule has 0 aromatic heterocycles. The molecule has 0 amide bonds. The van der Waals surface area contributed by atoms with Gasteiger partial charge in [-0.1, -0.05) is 0 Å². The summed E-state index contributed by atoms with van der Waals surface area (Å²) in [6.45, 7) is 0. The minimum absolute atomic E-state index is 0. The first kappa shape index (κ1) is 8.69. The molecule has 1 rings (SSSR count). The van der Waals surface area contributed by atoms with Crippen LogP contribution in [0, 0.1) is 0 Å². The molecule has 0 bridgehead atoms. The summed E-state index contributed by atoms with van der Waals surface area (Å²) in [5.74, 6) is 0.175. The van der Waals surface area contributed by atoms with E-state index in [1.54, 1.807) is 0 Å². The Morgan fingerprint density at radius 2 is 2.11 bits per heavy atom. The number of hydrogen-bond donors (Lipinski definition) is 1. The summed E-state index contributed by atoms with van der Waals surface area (Å²) in [6, 6.07) is 0. The molecule has 0 fully saturated rings. The maximum atomic E-state index is 10.5. The van der Waals surface area contributed by atoms with Gasteiger partial charge in [0.05, 0.1) is 0 Å². The van der Waals surface area contributed by atoms with E-state index in [4.69, 9.17) is 5.73 Å². The average molecular weight is 192 g/mol. The van der Waals surface area contributed by atoms with Gasteiger partial charge in [0.25, 0.3) is 0 Å². The molecule has 0 atom stereocenters. The van der Waals surface area contributed by atoms with Crippen LogP contribution in [-0.2, 0) is 4.79 Å². The summed E-state index contributed by atoms with van der Waals surface area (Å²) in [5.41, 5.74) is 6.10. The number of hydrogen-bond acceptors (Lipinski definition) is 2. The van der Waals surface area contributed by atoms with Crippen LogP contribution in [0.5, 0.6) is 0 Å². The van der Waals surface area contributed by atoms with Crippen LogP contribution in [0.25, 0.3) is 0 Å². The van der Waals surface area contributed by atoms with Crippen LogP contribution < -0.4 is 5.73 Å². The molecule has 9 heavy (non-hydrogen) atoms. The van der Waals surface area contributed by atoms with Crippen LogP contribution in [0.15, 0.2) is 11.8 Å². The first-order valence-electron chi connectivity index (χ1n) is 2.78. The Kier molecular flexibility index (Phi) is 3.54. The lowest BCUT2D eigenvalue weighted by Crippen LogP contribution is -2.07. The SMILES string of the molecule is Br.NC1=CC(=O)CCC1. The number of allylic oxidation sites excluding steroid dienone is 2. The van der Waals surface area contributed by atoms with Gasteiger partial charge in [-0.15, -0.1) is 17.0 Å². The summed E-state index contributed by atoms with van der Waals surface area (Å²) >= 11 is 0. The van der Waals surface area contributed by atoms with Crippen molar-refractivity contribution in [2.45, 2.75) is 19.3 Å². The molecule has 0 saturated carbocycles. The number of rotatable bonds is 0. The van der Waals surface area contributed by atoms with E-state index in [0.717, 1.165) is 18.5 Å². The Balaban J connectivity index is 0.000000640. The van der Waals surface area contributed by atoms with Crippen LogP contribution in [0.3, 0.4) is 0 Å². The fourth-order valence-corrected chi connectivity index (χ4v) is 0.818. The van der Waals surface area contributed by atoms with Gasteiger partial charge in [0, 0.05) is 12.1 Å². The third-order valence-corrected chi connectivity index (χ3v) is 1.24. The highest BCUT2D eigenvalue weighted by molar-refractivity contribution is 8.93. The van der Waals surface area contributed by atoms with E-state index in [1.165, 1.54) is 6.08 Å². The zero-order chi connectivity index (χ0) is 5.98. The second kappa shape index (κ2) is 3.67. The van der Waals surface area contributed by atoms with Crippen LogP contribution in [0.1, 0.15) is 19.3 Å². The predicted octanol–water partition coefficient (Wildman–Crippen LogP) is 1.16. The molecule has 52 valence electrons. The van der Waals surface area contributed by atoms with E-state index < -0.39 is 0 Å². The van der Waals surface area contributed by atoms with E-state index >= 15 is 0 Å². The molecule has 2 N–H and O–H groups in total. The number of carbonyl (C=O) groups excluding carboxylic acids is 1. The van der Waals surface area contributed by atoms with E-state index in [2.05, 4.69) is 0 Å². The fraction of sp³-hybridized carbons (Fsp3) is 0.500. The van der Waals surface area contributed by atoms with Gasteiger partial charge in [-0.3, -0.25) is 4.79 Å². The predicted molar refractivity (Wildman–Crippen MR) is 41.5 cm³/mol. The van der Waals surface area contributed by atoms with Gasteiger partial charge >= 0.3 is 0 Å². The summed E-state index contributed by atoms with van der Waals surface area (Å²) in [6.07, 6.45) is 4.04. The second-order valence-electron chi connectivity index (χ2n) is 2.04. The van der Waals surface area contributed by atoms with E-state index in [1.807, 2.05) is 0 Å². The number of ketones is 1. The van der Waals surface area contributed by atoms with Crippen molar-refractivity contribution in [3.63, 3.8) is 0 Å². The largest absolute Gasteiger partial charge is 0.402 e. The monoisotopic (exact) mass is 191 g/mol. The lowest BCUT2D eigenvalue weighted by molar-refractivity contribution is -0.115. The molecule has 1 aliphatic rings. The van der Waals surface area contributed by atoms with Crippen molar-refractivity contribution in [1.82, 2.24) is 0 Å². The zero-order valence-corrected chi connectivity index (χ0v) is 6.81. The van der Waals surface area contributed by atoms with Crippen molar-refractivity contribution in [1.29, 1.82) is 0 Å². The first-order valence-corrected chi connectivity index (χ1v) is 2.78. The number of carbonyl (C=O) groups is 1. The Hall–Kier alpha value is -0.310. The van der Waals surface area contributed by atoms with Crippen molar-refractivity contribution in [3.05, 3.63) is 11.8 Å². The number of nitrogens with two attached hydrogens (primary N) is 1. The summed E-state index contributed by atoms with van der Waals surface area (Å²) in [5, 5.41) is 0. The molecular formula is C6H10BrNO. The van der Waals surface area contributed by atoms with Gasteiger partial charge in [-0.2, -0.15) is 0 Å². The zero-order valence-electron chi connectivity index (χ0n) is 5.09. The van der Waals surface area contributed by atoms with Crippen molar-refractivity contribution in [3.8, 4) is 0 Å². The molecule has 0 aromatic rings. The fourth-order valence-electron chi connectivity index (χ4n) is 0.818. The standard InChI is InChI=1S/C6H9NO.BrH/c7-5-2-1-3-6(8)4-5;/h4H,1-3,7H2;1H. The van der Waals surface area contributed by atoms with Crippen LogP contribution in [-0.4, -0.2) is 5.78 Å². The van der Waals surface area contributed by atoms with Gasteiger partial charge in [-0.25, -0.2) is 0 Å². The van der Waals surface area contributed by atoms with E-state index in [0.29, 0.717) is 6.42 Å². The molecule has 0 unspecified atom stereocenters. The van der Waals surface area contributed by atoms with Gasteiger partial charge < -0.3 is 5.73 Å². The molecule has 0 radical (unpaired) electrons. The first-order chi connectivity index (χ1) is 3.79. The second-order valence-corrected chi connectivity index (χ2v) is 2.04. The Bertz CT molecular complexity index is 142. The van der Waals surface area contributed by atoms with Gasteiger partial charge in [-0.05, 0) is 18.9 Å². The normalized spacial score (nSPS) is 18.2. The highest BCUT2D eigenvalue weighted by atomic mass is 79.9. The third-order valence-electron chi connectivity index (χ3n) is 1.24. The molecule has 1 aliphatic carbocycles. The minimum atomic E-state index is 0. The van der Waals surface area contributed by atoms with Gasteiger partial charge in [0.1, 0.15) is 0 Å². The van der Waals surface area contributed by atoms with E-state index in [9.17, 15) is 4.79 Å². The lowest BCUT2D eigenvalue weighted by Gasteiger charge is -2.04. The van der Waals surface area contributed by atoms with Crippen molar-refractivity contribution in [2.24, 2.45) is 5.73 Å². The van der Waals surface area contributed by atoms with Gasteiger partial charge in [0.15, 0.2) is 5.78 Å². The minimum Gasteiger partial charge on any atom is -0.402 e. The molecule has 0 spiro atoms. The van der Waals surface area contributed by atoms with Crippen LogP contribution in [0.4, 0.5) is 0 Å². The Labute approximate surface area is 64.9 Å². The molecule has 0 saturated heterocycles. The number of halogens is 1. The maximum absolute atomic E-state index is 10.5. The van der Waals surface area contributed by atoms with Crippen molar-refractivity contribution in [2.75, 3.05) is 0 Å². The molecular weight excluding hydrogens is 182 g/mol. The molecule has 0 heterocycles.